The quantitative estimate of drug-likeness (QED) is 0.139. The first-order chi connectivity index (χ1) is 22.6. The average molecular weight is 633 g/mol. The summed E-state index contributed by atoms with van der Waals surface area (Å²) in [7, 11) is 0. The van der Waals surface area contributed by atoms with Gasteiger partial charge in [-0.15, -0.1) is 0 Å². The van der Waals surface area contributed by atoms with Gasteiger partial charge in [-0.05, 0) is 75.2 Å². The van der Waals surface area contributed by atoms with Gasteiger partial charge in [-0.25, -0.2) is 9.59 Å². The molecule has 0 saturated carbocycles. The van der Waals surface area contributed by atoms with Crippen LogP contribution in [-0.2, 0) is 27.5 Å². The number of ether oxygens (including phenoxy) is 3. The number of aromatic amines is 2. The zero-order chi connectivity index (χ0) is 33.5. The van der Waals surface area contributed by atoms with Crippen molar-refractivity contribution in [2.75, 3.05) is 0 Å². The van der Waals surface area contributed by atoms with E-state index in [1.165, 1.54) is 6.92 Å². The number of hydrogen-bond donors (Lipinski definition) is 3. The Morgan fingerprint density at radius 3 is 1.64 bits per heavy atom. The molecule has 9 heteroatoms. The number of aryl methyl sites for hydroxylation is 2. The van der Waals surface area contributed by atoms with E-state index in [-0.39, 0.29) is 24.7 Å². The molecular weight excluding hydrogens is 596 g/mol. The van der Waals surface area contributed by atoms with Gasteiger partial charge in [-0.1, -0.05) is 60.7 Å². The number of carbonyl (C=O) groups is 3. The smallest absolute Gasteiger partial charge is 0.340 e. The number of benzene rings is 4. The van der Waals surface area contributed by atoms with Gasteiger partial charge in [0, 0.05) is 33.2 Å². The van der Waals surface area contributed by atoms with E-state index in [0.29, 0.717) is 27.6 Å². The fraction of sp³-hybridized carbons (Fsp3) is 0.184. The number of phenols is 1. The van der Waals surface area contributed by atoms with Gasteiger partial charge in [0.25, 0.3) is 0 Å². The van der Waals surface area contributed by atoms with E-state index in [1.54, 1.807) is 37.3 Å². The lowest BCUT2D eigenvalue weighted by atomic mass is 10.1. The van der Waals surface area contributed by atoms with E-state index in [2.05, 4.69) is 9.97 Å². The van der Waals surface area contributed by atoms with Crippen LogP contribution in [0.25, 0.3) is 21.8 Å². The summed E-state index contributed by atoms with van der Waals surface area (Å²) in [6.45, 7) is 7.27. The van der Waals surface area contributed by atoms with Crippen LogP contribution in [0.3, 0.4) is 0 Å². The van der Waals surface area contributed by atoms with Crippen LogP contribution in [-0.4, -0.2) is 38.9 Å². The highest BCUT2D eigenvalue weighted by atomic mass is 16.5. The Hall–Kier alpha value is -5.83. The highest BCUT2D eigenvalue weighted by molar-refractivity contribution is 6.06. The molecule has 1 unspecified atom stereocenters. The maximum Gasteiger partial charge on any atom is 0.340 e. The summed E-state index contributed by atoms with van der Waals surface area (Å²) in [5.74, 6) is -0.185. The SMILES string of the molecule is CC(=O)C(C)Oc1ccc2[nH]c(C)c(C(=O)OCc3ccccc3)c2c1.Cc1[nH]c2ccc(O)cc2c1C(=O)OCc1ccccc1. The topological polar surface area (TPSA) is 131 Å². The minimum absolute atomic E-state index is 0.0576. The summed E-state index contributed by atoms with van der Waals surface area (Å²) >= 11 is 0. The van der Waals surface area contributed by atoms with Crippen LogP contribution in [0.1, 0.15) is 57.1 Å². The van der Waals surface area contributed by atoms with Crippen molar-refractivity contribution in [2.24, 2.45) is 0 Å². The molecule has 0 aliphatic rings. The predicted octanol–water partition coefficient (Wildman–Crippen LogP) is 7.73. The van der Waals surface area contributed by atoms with E-state index in [4.69, 9.17) is 14.2 Å². The molecule has 0 saturated heterocycles. The third-order valence-corrected chi connectivity index (χ3v) is 7.65. The number of Topliss-reactive ketones (excluding diaryl/α,β-unsaturated/α-hetero) is 1. The second-order valence-corrected chi connectivity index (χ2v) is 11.2. The molecule has 0 bridgehead atoms. The van der Waals surface area contributed by atoms with Gasteiger partial charge in [-0.3, -0.25) is 4.79 Å². The third-order valence-electron chi connectivity index (χ3n) is 7.65. The highest BCUT2D eigenvalue weighted by Gasteiger charge is 2.20. The molecule has 3 N–H and O–H groups in total. The van der Waals surface area contributed by atoms with Gasteiger partial charge in [0.2, 0.25) is 0 Å². The van der Waals surface area contributed by atoms with Crippen LogP contribution >= 0.6 is 0 Å². The minimum Gasteiger partial charge on any atom is -0.508 e. The Labute approximate surface area is 272 Å². The largest absolute Gasteiger partial charge is 0.508 e. The first-order valence-electron chi connectivity index (χ1n) is 15.1. The molecule has 9 nitrogen and oxygen atoms in total. The fourth-order valence-electron chi connectivity index (χ4n) is 5.10. The zero-order valence-corrected chi connectivity index (χ0v) is 26.6. The normalized spacial score (nSPS) is 11.4. The predicted molar refractivity (Wildman–Crippen MR) is 180 cm³/mol. The number of fused-ring (bicyclic) bond motifs is 2. The monoisotopic (exact) mass is 632 g/mol. The van der Waals surface area contributed by atoms with Crippen molar-refractivity contribution < 1.29 is 33.7 Å². The third kappa shape index (κ3) is 7.88. The van der Waals surface area contributed by atoms with Crippen molar-refractivity contribution in [1.29, 1.82) is 0 Å². The molecule has 240 valence electrons. The molecule has 6 aromatic rings. The molecule has 47 heavy (non-hydrogen) atoms. The molecule has 2 aromatic heterocycles. The number of phenolic OH excluding ortho intramolecular Hbond substituents is 1. The van der Waals surface area contributed by atoms with Gasteiger partial charge < -0.3 is 29.3 Å². The summed E-state index contributed by atoms with van der Waals surface area (Å²) in [4.78, 5) is 42.6. The molecule has 0 amide bonds. The lowest BCUT2D eigenvalue weighted by Gasteiger charge is -2.11. The van der Waals surface area contributed by atoms with Crippen LogP contribution in [0, 0.1) is 13.8 Å². The molecule has 0 aliphatic heterocycles. The van der Waals surface area contributed by atoms with Crippen molar-refractivity contribution in [3.05, 3.63) is 131 Å². The van der Waals surface area contributed by atoms with E-state index in [0.717, 1.165) is 33.5 Å². The maximum atomic E-state index is 12.6. The van der Waals surface area contributed by atoms with Crippen LogP contribution in [0.4, 0.5) is 0 Å². The number of rotatable bonds is 9. The molecule has 6 rings (SSSR count). The Kier molecular flexibility index (Phi) is 10.1. The molecule has 0 fully saturated rings. The number of carbonyl (C=O) groups excluding carboxylic acids is 3. The van der Waals surface area contributed by atoms with Crippen molar-refractivity contribution in [1.82, 2.24) is 9.97 Å². The lowest BCUT2D eigenvalue weighted by molar-refractivity contribution is -0.122. The van der Waals surface area contributed by atoms with Gasteiger partial charge in [0.1, 0.15) is 24.7 Å². The van der Waals surface area contributed by atoms with E-state index in [9.17, 15) is 19.5 Å². The molecular formula is C38H36N2O7. The van der Waals surface area contributed by atoms with Gasteiger partial charge in [0.15, 0.2) is 11.9 Å². The molecule has 2 heterocycles. The Morgan fingerprint density at radius 2 is 1.15 bits per heavy atom. The first-order valence-corrected chi connectivity index (χ1v) is 15.1. The van der Waals surface area contributed by atoms with E-state index < -0.39 is 18.0 Å². The van der Waals surface area contributed by atoms with Crippen molar-refractivity contribution in [3.8, 4) is 11.5 Å². The number of ketones is 1. The van der Waals surface area contributed by atoms with Crippen molar-refractivity contribution in [2.45, 2.75) is 47.0 Å². The van der Waals surface area contributed by atoms with Crippen molar-refractivity contribution in [3.63, 3.8) is 0 Å². The molecule has 4 aromatic carbocycles. The fourth-order valence-corrected chi connectivity index (χ4v) is 5.10. The first kappa shape index (κ1) is 32.6. The second-order valence-electron chi connectivity index (χ2n) is 11.2. The minimum atomic E-state index is -0.541. The van der Waals surface area contributed by atoms with Gasteiger partial charge in [-0.2, -0.15) is 0 Å². The molecule has 0 spiro atoms. The van der Waals surface area contributed by atoms with Gasteiger partial charge >= 0.3 is 11.9 Å². The maximum absolute atomic E-state index is 12.6. The van der Waals surface area contributed by atoms with Crippen LogP contribution < -0.4 is 4.74 Å². The average Bonchev–Trinajstić information content (AvgIpc) is 3.57. The molecule has 0 aliphatic carbocycles. The van der Waals surface area contributed by atoms with E-state index in [1.807, 2.05) is 80.6 Å². The highest BCUT2D eigenvalue weighted by Crippen LogP contribution is 2.29. The summed E-state index contributed by atoms with van der Waals surface area (Å²) < 4.78 is 16.5. The Balaban J connectivity index is 0.000000189. The lowest BCUT2D eigenvalue weighted by Crippen LogP contribution is -2.20. The number of H-pyrrole nitrogens is 2. The molecule has 1 atom stereocenters. The van der Waals surface area contributed by atoms with E-state index >= 15 is 0 Å². The summed E-state index contributed by atoms with van der Waals surface area (Å²) in [6.07, 6.45) is -0.541. The Morgan fingerprint density at radius 1 is 0.681 bits per heavy atom. The standard InChI is InChI=1S/C21H21NO4.C17H15NO3/c1-13-20(21(24)25-12-16-7-5-4-6-8-16)18-11-17(9-10-19(18)22-13)26-15(3)14(2)23;1-11-16(14-9-13(19)7-8-15(14)18-11)17(20)21-10-12-5-3-2-4-6-12/h4-11,15,22H,12H2,1-3H3;2-9,18-19H,10H2,1H3. The summed E-state index contributed by atoms with van der Waals surface area (Å²) in [5, 5.41) is 11.0. The number of esters is 2. The number of aromatic hydroxyl groups is 1. The Bertz CT molecular complexity index is 2030. The summed E-state index contributed by atoms with van der Waals surface area (Å²) in [6, 6.07) is 29.3. The second kappa shape index (κ2) is 14.5. The van der Waals surface area contributed by atoms with Crippen LogP contribution in [0.5, 0.6) is 11.5 Å². The van der Waals surface area contributed by atoms with Crippen molar-refractivity contribution >= 4 is 39.5 Å². The number of hydrogen-bond acceptors (Lipinski definition) is 7. The van der Waals surface area contributed by atoms with Crippen LogP contribution in [0.15, 0.2) is 97.1 Å². The zero-order valence-electron chi connectivity index (χ0n) is 26.6. The number of aromatic nitrogens is 2. The van der Waals surface area contributed by atoms with Gasteiger partial charge in [0.05, 0.1) is 11.1 Å². The van der Waals surface area contributed by atoms with Crippen LogP contribution in [0.2, 0.25) is 0 Å². The summed E-state index contributed by atoms with van der Waals surface area (Å²) in [5.41, 5.74) is 5.90. The number of nitrogens with one attached hydrogen (secondary N) is 2. The molecule has 0 radical (unpaired) electrons.